The summed E-state index contributed by atoms with van der Waals surface area (Å²) in [5, 5.41) is 4.68. The van der Waals surface area contributed by atoms with Gasteiger partial charge in [-0.2, -0.15) is 0 Å². The van der Waals surface area contributed by atoms with E-state index in [0.29, 0.717) is 6.61 Å². The largest absolute Gasteiger partial charge is 0.467 e. The van der Waals surface area contributed by atoms with Crippen LogP contribution in [0.2, 0.25) is 0 Å². The van der Waals surface area contributed by atoms with Crippen molar-refractivity contribution in [1.29, 1.82) is 0 Å². The molecule has 3 heterocycles. The van der Waals surface area contributed by atoms with E-state index in [1.165, 1.54) is 28.7 Å². The van der Waals surface area contributed by atoms with Crippen molar-refractivity contribution in [2.75, 3.05) is 19.0 Å². The number of hydrogen-bond acceptors (Lipinski definition) is 6. The average molecular weight is 329 g/mol. The first kappa shape index (κ1) is 14.7. The first-order valence-electron chi connectivity index (χ1n) is 7.91. The Morgan fingerprint density at radius 1 is 1.35 bits per heavy atom. The molecule has 0 saturated carbocycles. The maximum Gasteiger partial charge on any atom is 0.139 e. The van der Waals surface area contributed by atoms with Crippen LogP contribution in [0.5, 0.6) is 0 Å². The highest BCUT2D eigenvalue weighted by Gasteiger charge is 2.22. The average Bonchev–Trinajstić information content (AvgIpc) is 3.22. The molecule has 0 fully saturated rings. The summed E-state index contributed by atoms with van der Waals surface area (Å²) in [6.07, 6.45) is 8.12. The zero-order valence-electron chi connectivity index (χ0n) is 13.0. The Balaban J connectivity index is 1.74. The lowest BCUT2D eigenvalue weighted by Crippen LogP contribution is -2.17. The molecule has 4 rings (SSSR count). The topological polar surface area (TPSA) is 60.2 Å². The lowest BCUT2D eigenvalue weighted by molar-refractivity contribution is 0.178. The maximum atomic E-state index is 5.54. The van der Waals surface area contributed by atoms with Crippen LogP contribution in [0.25, 0.3) is 10.2 Å². The Kier molecular flexibility index (Phi) is 4.01. The minimum absolute atomic E-state index is 0.0627. The third-order valence-electron chi connectivity index (χ3n) is 4.28. The summed E-state index contributed by atoms with van der Waals surface area (Å²) in [5.74, 6) is 1.73. The molecule has 0 radical (unpaired) electrons. The molecular weight excluding hydrogens is 310 g/mol. The highest BCUT2D eigenvalue weighted by Crippen LogP contribution is 2.38. The normalized spacial score (nSPS) is 15.5. The van der Waals surface area contributed by atoms with Crippen LogP contribution in [-0.2, 0) is 17.6 Å². The minimum atomic E-state index is -0.0627. The van der Waals surface area contributed by atoms with Gasteiger partial charge in [-0.05, 0) is 43.4 Å². The van der Waals surface area contributed by atoms with Gasteiger partial charge < -0.3 is 14.5 Å². The summed E-state index contributed by atoms with van der Waals surface area (Å²) >= 11 is 1.81. The molecule has 1 unspecified atom stereocenters. The molecule has 23 heavy (non-hydrogen) atoms. The summed E-state index contributed by atoms with van der Waals surface area (Å²) in [5.41, 5.74) is 1.43. The van der Waals surface area contributed by atoms with Crippen molar-refractivity contribution < 1.29 is 9.15 Å². The molecule has 1 N–H and O–H groups in total. The highest BCUT2D eigenvalue weighted by atomic mass is 32.1. The molecule has 3 aromatic heterocycles. The van der Waals surface area contributed by atoms with Crippen LogP contribution in [0.1, 0.15) is 35.1 Å². The fourth-order valence-electron chi connectivity index (χ4n) is 3.22. The number of thiophene rings is 1. The van der Waals surface area contributed by atoms with Crippen molar-refractivity contribution in [3.05, 3.63) is 40.9 Å². The van der Waals surface area contributed by atoms with Gasteiger partial charge in [0.25, 0.3) is 0 Å². The van der Waals surface area contributed by atoms with Crippen LogP contribution in [0.3, 0.4) is 0 Å². The minimum Gasteiger partial charge on any atom is -0.467 e. The predicted molar refractivity (Wildman–Crippen MR) is 91.0 cm³/mol. The number of nitrogens with zero attached hydrogens (tertiary/aromatic N) is 2. The van der Waals surface area contributed by atoms with E-state index in [9.17, 15) is 0 Å². The van der Waals surface area contributed by atoms with Gasteiger partial charge in [-0.3, -0.25) is 0 Å². The number of fused-ring (bicyclic) bond motifs is 3. The van der Waals surface area contributed by atoms with Crippen LogP contribution >= 0.6 is 11.3 Å². The number of methoxy groups -OCH3 is 1. The lowest BCUT2D eigenvalue weighted by Gasteiger charge is -2.18. The van der Waals surface area contributed by atoms with Crippen LogP contribution in [0.15, 0.2) is 29.1 Å². The van der Waals surface area contributed by atoms with Gasteiger partial charge in [0.2, 0.25) is 0 Å². The van der Waals surface area contributed by atoms with E-state index < -0.39 is 0 Å². The van der Waals surface area contributed by atoms with E-state index in [-0.39, 0.29) is 6.04 Å². The quantitative estimate of drug-likeness (QED) is 0.767. The van der Waals surface area contributed by atoms with Crippen molar-refractivity contribution in [2.45, 2.75) is 31.7 Å². The standard InChI is InChI=1S/C17H19N3O2S/c1-21-9-12(13-6-4-8-22-13)20-16-15-11-5-2-3-7-14(11)23-17(15)19-10-18-16/h4,6,8,10,12H,2-3,5,7,9H2,1H3,(H,18,19,20). The Morgan fingerprint density at radius 3 is 3.09 bits per heavy atom. The molecule has 0 aromatic carbocycles. The van der Waals surface area contributed by atoms with Gasteiger partial charge in [0.05, 0.1) is 18.3 Å². The third-order valence-corrected chi connectivity index (χ3v) is 5.48. The molecule has 0 amide bonds. The van der Waals surface area contributed by atoms with Crippen LogP contribution in [-0.4, -0.2) is 23.7 Å². The van der Waals surface area contributed by atoms with Crippen molar-refractivity contribution in [3.8, 4) is 0 Å². The first-order chi connectivity index (χ1) is 11.4. The Hall–Kier alpha value is -1.92. The molecule has 1 atom stereocenters. The van der Waals surface area contributed by atoms with E-state index in [2.05, 4.69) is 15.3 Å². The summed E-state index contributed by atoms with van der Waals surface area (Å²) in [6.45, 7) is 0.519. The molecule has 3 aromatic rings. The van der Waals surface area contributed by atoms with Gasteiger partial charge in [-0.1, -0.05) is 0 Å². The number of aromatic nitrogens is 2. The zero-order chi connectivity index (χ0) is 15.6. The SMILES string of the molecule is COCC(Nc1ncnc2sc3c(c12)CCCC3)c1ccco1. The highest BCUT2D eigenvalue weighted by molar-refractivity contribution is 7.19. The van der Waals surface area contributed by atoms with Gasteiger partial charge >= 0.3 is 0 Å². The Morgan fingerprint density at radius 2 is 2.26 bits per heavy atom. The van der Waals surface area contributed by atoms with Gasteiger partial charge in [0, 0.05) is 12.0 Å². The number of ether oxygens (including phenoxy) is 1. The Labute approximate surface area is 138 Å². The number of aryl methyl sites for hydroxylation is 2. The first-order valence-corrected chi connectivity index (χ1v) is 8.72. The smallest absolute Gasteiger partial charge is 0.139 e. The molecular formula is C17H19N3O2S. The number of anilines is 1. The number of hydrogen-bond donors (Lipinski definition) is 1. The molecule has 1 aliphatic carbocycles. The van der Waals surface area contributed by atoms with E-state index in [4.69, 9.17) is 9.15 Å². The molecule has 0 bridgehead atoms. The van der Waals surface area contributed by atoms with Crippen LogP contribution < -0.4 is 5.32 Å². The number of nitrogens with one attached hydrogen (secondary N) is 1. The summed E-state index contributed by atoms with van der Waals surface area (Å²) in [7, 11) is 1.69. The molecule has 1 aliphatic rings. The van der Waals surface area contributed by atoms with Gasteiger partial charge in [0.1, 0.15) is 28.8 Å². The molecule has 0 aliphatic heterocycles. The fraction of sp³-hybridized carbons (Fsp3) is 0.412. The number of furan rings is 1. The third kappa shape index (κ3) is 2.72. The maximum absolute atomic E-state index is 5.54. The van der Waals surface area contributed by atoms with Crippen molar-refractivity contribution in [1.82, 2.24) is 9.97 Å². The Bertz CT molecular complexity index is 798. The summed E-state index contributed by atoms with van der Waals surface area (Å²) < 4.78 is 10.9. The van der Waals surface area contributed by atoms with Gasteiger partial charge in [-0.25, -0.2) is 9.97 Å². The van der Waals surface area contributed by atoms with Gasteiger partial charge in [-0.15, -0.1) is 11.3 Å². The van der Waals surface area contributed by atoms with E-state index in [0.717, 1.165) is 29.3 Å². The van der Waals surface area contributed by atoms with E-state index >= 15 is 0 Å². The van der Waals surface area contributed by atoms with Gasteiger partial charge in [0.15, 0.2) is 0 Å². The second kappa shape index (κ2) is 6.29. The monoisotopic (exact) mass is 329 g/mol. The van der Waals surface area contributed by atoms with E-state index in [1.807, 2.05) is 12.1 Å². The molecule has 0 spiro atoms. The second-order valence-electron chi connectivity index (χ2n) is 5.78. The molecule has 120 valence electrons. The van der Waals surface area contributed by atoms with Crippen LogP contribution in [0.4, 0.5) is 5.82 Å². The zero-order valence-corrected chi connectivity index (χ0v) is 13.9. The van der Waals surface area contributed by atoms with Crippen molar-refractivity contribution in [2.24, 2.45) is 0 Å². The van der Waals surface area contributed by atoms with Crippen molar-refractivity contribution >= 4 is 27.4 Å². The summed E-state index contributed by atoms with van der Waals surface area (Å²) in [6, 6.07) is 3.78. The molecule has 0 saturated heterocycles. The summed E-state index contributed by atoms with van der Waals surface area (Å²) in [4.78, 5) is 11.5. The predicted octanol–water partition coefficient (Wildman–Crippen LogP) is 3.96. The molecule has 6 heteroatoms. The van der Waals surface area contributed by atoms with Crippen molar-refractivity contribution in [3.63, 3.8) is 0 Å². The number of rotatable bonds is 5. The fourth-order valence-corrected chi connectivity index (χ4v) is 4.44. The molecule has 5 nitrogen and oxygen atoms in total. The lowest BCUT2D eigenvalue weighted by atomic mass is 9.97. The van der Waals surface area contributed by atoms with E-state index in [1.54, 1.807) is 31.0 Å². The van der Waals surface area contributed by atoms with Crippen LogP contribution in [0, 0.1) is 0 Å². The second-order valence-corrected chi connectivity index (χ2v) is 6.86.